The van der Waals surface area contributed by atoms with Crippen molar-refractivity contribution in [2.75, 3.05) is 0 Å². The van der Waals surface area contributed by atoms with Gasteiger partial charge in [0.2, 0.25) is 0 Å². The van der Waals surface area contributed by atoms with Crippen LogP contribution in [0.15, 0.2) is 79.5 Å². The lowest BCUT2D eigenvalue weighted by Crippen LogP contribution is -2.05. The molecule has 128 valence electrons. The number of hydrogen-bond acceptors (Lipinski definition) is 3. The van der Waals surface area contributed by atoms with Gasteiger partial charge in [-0.3, -0.25) is 14.5 Å². The molecule has 0 fully saturated rings. The Bertz CT molecular complexity index is 1000. The van der Waals surface area contributed by atoms with Crippen LogP contribution in [0.2, 0.25) is 0 Å². The van der Waals surface area contributed by atoms with Crippen LogP contribution in [0.4, 0.5) is 0 Å². The molecule has 2 aromatic carbocycles. The van der Waals surface area contributed by atoms with E-state index in [1.807, 2.05) is 36.8 Å². The number of aromatic nitrogens is 4. The van der Waals surface area contributed by atoms with Crippen LogP contribution in [0, 0.1) is 0 Å². The lowest BCUT2D eigenvalue weighted by Gasteiger charge is -2.19. The number of nitrogens with zero attached hydrogens (tertiary/aromatic N) is 4. The van der Waals surface area contributed by atoms with Crippen molar-refractivity contribution < 1.29 is 0 Å². The highest BCUT2D eigenvalue weighted by Crippen LogP contribution is 2.34. The summed E-state index contributed by atoms with van der Waals surface area (Å²) in [6, 6.07) is 16.6. The van der Waals surface area contributed by atoms with E-state index in [4.69, 9.17) is 0 Å². The van der Waals surface area contributed by atoms with Gasteiger partial charge in [0.05, 0.1) is 17.6 Å². The van der Waals surface area contributed by atoms with E-state index in [0.29, 0.717) is 5.92 Å². The van der Waals surface area contributed by atoms with E-state index in [1.54, 1.807) is 12.4 Å². The first-order valence-corrected chi connectivity index (χ1v) is 8.74. The van der Waals surface area contributed by atoms with E-state index in [0.717, 1.165) is 28.3 Å². The predicted octanol–water partition coefficient (Wildman–Crippen LogP) is 5.12. The van der Waals surface area contributed by atoms with E-state index < -0.39 is 0 Å². The van der Waals surface area contributed by atoms with E-state index >= 15 is 0 Å². The van der Waals surface area contributed by atoms with E-state index in [2.05, 4.69) is 63.7 Å². The SMILES string of the molecule is CC(C)c1cccc(-c2cnccn2)c1-n1ccnc1-c1ccccc1. The van der Waals surface area contributed by atoms with Crippen molar-refractivity contribution in [1.29, 1.82) is 0 Å². The molecular formula is C22H20N4. The maximum Gasteiger partial charge on any atom is 0.144 e. The van der Waals surface area contributed by atoms with Crippen molar-refractivity contribution in [3.63, 3.8) is 0 Å². The lowest BCUT2D eigenvalue weighted by atomic mass is 9.96. The Morgan fingerprint density at radius 3 is 2.42 bits per heavy atom. The molecule has 0 aliphatic carbocycles. The maximum atomic E-state index is 4.62. The summed E-state index contributed by atoms with van der Waals surface area (Å²) >= 11 is 0. The third-order valence-electron chi connectivity index (χ3n) is 4.44. The van der Waals surface area contributed by atoms with Crippen LogP contribution in [0.3, 0.4) is 0 Å². The summed E-state index contributed by atoms with van der Waals surface area (Å²) in [5.74, 6) is 1.29. The molecule has 26 heavy (non-hydrogen) atoms. The standard InChI is InChI=1S/C22H20N4/c1-16(2)18-9-6-10-19(20-15-23-11-12-24-20)21(18)26-14-13-25-22(26)17-7-4-3-5-8-17/h3-16H,1-2H3. The monoisotopic (exact) mass is 340 g/mol. The summed E-state index contributed by atoms with van der Waals surface area (Å²) in [4.78, 5) is 13.4. The minimum absolute atomic E-state index is 0.368. The Kier molecular flexibility index (Phi) is 4.32. The zero-order valence-corrected chi connectivity index (χ0v) is 14.9. The highest BCUT2D eigenvalue weighted by atomic mass is 15.1. The van der Waals surface area contributed by atoms with E-state index in [-0.39, 0.29) is 0 Å². The van der Waals surface area contributed by atoms with Crippen LogP contribution >= 0.6 is 0 Å². The normalized spacial score (nSPS) is 11.0. The molecule has 4 nitrogen and oxygen atoms in total. The second-order valence-electron chi connectivity index (χ2n) is 6.48. The summed E-state index contributed by atoms with van der Waals surface area (Å²) in [6.07, 6.45) is 9.10. The van der Waals surface area contributed by atoms with E-state index in [1.165, 1.54) is 5.56 Å². The fraction of sp³-hybridized carbons (Fsp3) is 0.136. The van der Waals surface area contributed by atoms with Crippen LogP contribution in [-0.2, 0) is 0 Å². The average Bonchev–Trinajstić information content (AvgIpc) is 3.18. The van der Waals surface area contributed by atoms with Crippen molar-refractivity contribution >= 4 is 0 Å². The third kappa shape index (κ3) is 2.90. The minimum Gasteiger partial charge on any atom is -0.299 e. The average molecular weight is 340 g/mol. The summed E-state index contributed by atoms with van der Waals surface area (Å²) < 4.78 is 2.16. The van der Waals surface area contributed by atoms with Crippen LogP contribution in [0.5, 0.6) is 0 Å². The molecule has 0 saturated heterocycles. The number of benzene rings is 2. The van der Waals surface area contributed by atoms with Gasteiger partial charge in [0.15, 0.2) is 0 Å². The van der Waals surface area contributed by atoms with Gasteiger partial charge in [-0.15, -0.1) is 0 Å². The van der Waals surface area contributed by atoms with Gasteiger partial charge in [0, 0.05) is 35.9 Å². The fourth-order valence-electron chi connectivity index (χ4n) is 3.23. The molecule has 0 aliphatic rings. The number of hydrogen-bond donors (Lipinski definition) is 0. The Labute approximate surface area is 153 Å². The van der Waals surface area contributed by atoms with Crippen LogP contribution in [-0.4, -0.2) is 19.5 Å². The number of rotatable bonds is 4. The first-order chi connectivity index (χ1) is 12.8. The van der Waals surface area contributed by atoms with Crippen LogP contribution in [0.25, 0.3) is 28.3 Å². The highest BCUT2D eigenvalue weighted by molar-refractivity contribution is 5.74. The quantitative estimate of drug-likeness (QED) is 0.518. The zero-order valence-electron chi connectivity index (χ0n) is 14.9. The molecular weight excluding hydrogens is 320 g/mol. The topological polar surface area (TPSA) is 43.6 Å². The van der Waals surface area contributed by atoms with E-state index in [9.17, 15) is 0 Å². The molecule has 0 atom stereocenters. The summed E-state index contributed by atoms with van der Waals surface area (Å²) in [5, 5.41) is 0. The predicted molar refractivity (Wildman–Crippen MR) is 104 cm³/mol. The number of imidazole rings is 1. The lowest BCUT2D eigenvalue weighted by molar-refractivity contribution is 0.848. The van der Waals surface area contributed by atoms with Crippen molar-refractivity contribution in [2.45, 2.75) is 19.8 Å². The third-order valence-corrected chi connectivity index (χ3v) is 4.44. The Morgan fingerprint density at radius 2 is 1.69 bits per heavy atom. The van der Waals surface area contributed by atoms with Crippen molar-refractivity contribution in [3.05, 3.63) is 85.1 Å². The summed E-state index contributed by atoms with van der Waals surface area (Å²) in [6.45, 7) is 4.41. The van der Waals surface area contributed by atoms with Gasteiger partial charge in [-0.1, -0.05) is 62.4 Å². The molecule has 2 heterocycles. The molecule has 2 aromatic heterocycles. The Hall–Kier alpha value is -3.27. The Balaban J connectivity index is 1.99. The van der Waals surface area contributed by atoms with Gasteiger partial charge in [0.25, 0.3) is 0 Å². The summed E-state index contributed by atoms with van der Waals surface area (Å²) in [7, 11) is 0. The number of para-hydroxylation sites is 1. The van der Waals surface area contributed by atoms with Crippen LogP contribution < -0.4 is 0 Å². The van der Waals surface area contributed by atoms with Gasteiger partial charge in [0.1, 0.15) is 5.82 Å². The van der Waals surface area contributed by atoms with Gasteiger partial charge < -0.3 is 0 Å². The second-order valence-corrected chi connectivity index (χ2v) is 6.48. The first kappa shape index (κ1) is 16.2. The molecule has 0 N–H and O–H groups in total. The molecule has 4 rings (SSSR count). The molecule has 0 aliphatic heterocycles. The van der Waals surface area contributed by atoms with Gasteiger partial charge >= 0.3 is 0 Å². The first-order valence-electron chi connectivity index (χ1n) is 8.74. The van der Waals surface area contributed by atoms with Crippen molar-refractivity contribution in [2.24, 2.45) is 0 Å². The summed E-state index contributed by atoms with van der Waals surface area (Å²) in [5.41, 5.74) is 5.36. The second kappa shape index (κ2) is 6.92. The highest BCUT2D eigenvalue weighted by Gasteiger charge is 2.18. The largest absolute Gasteiger partial charge is 0.299 e. The molecule has 0 spiro atoms. The van der Waals surface area contributed by atoms with Gasteiger partial charge in [-0.25, -0.2) is 4.98 Å². The molecule has 0 saturated carbocycles. The van der Waals surface area contributed by atoms with Gasteiger partial charge in [-0.05, 0) is 11.5 Å². The molecule has 0 unspecified atom stereocenters. The molecule has 0 bridgehead atoms. The van der Waals surface area contributed by atoms with Crippen molar-refractivity contribution in [1.82, 2.24) is 19.5 Å². The smallest absolute Gasteiger partial charge is 0.144 e. The molecule has 4 heteroatoms. The molecule has 0 amide bonds. The Morgan fingerprint density at radius 1 is 0.846 bits per heavy atom. The maximum absolute atomic E-state index is 4.62. The minimum atomic E-state index is 0.368. The zero-order chi connectivity index (χ0) is 17.9. The van der Waals surface area contributed by atoms with Gasteiger partial charge in [-0.2, -0.15) is 0 Å². The van der Waals surface area contributed by atoms with Crippen molar-refractivity contribution in [3.8, 4) is 28.3 Å². The molecule has 0 radical (unpaired) electrons. The molecule has 4 aromatic rings. The fourth-order valence-corrected chi connectivity index (χ4v) is 3.23. The van der Waals surface area contributed by atoms with Crippen LogP contribution in [0.1, 0.15) is 25.3 Å².